The number of rotatable bonds is 4. The number of hydrogen-bond donors (Lipinski definition) is 1. The van der Waals surface area contributed by atoms with Crippen molar-refractivity contribution in [2.24, 2.45) is 0 Å². The molecule has 0 radical (unpaired) electrons. The van der Waals surface area contributed by atoms with Gasteiger partial charge in [0.1, 0.15) is 6.54 Å². The number of hydrogen-bond acceptors (Lipinski definition) is 5. The molecule has 0 aliphatic carbocycles. The van der Waals surface area contributed by atoms with Gasteiger partial charge in [-0.05, 0) is 32.2 Å². The Morgan fingerprint density at radius 1 is 1.43 bits per heavy atom. The molecular formula is C14H16N2O4S. The molecule has 1 amide bonds. The van der Waals surface area contributed by atoms with Crippen molar-refractivity contribution in [1.82, 2.24) is 10.1 Å². The molecule has 0 fully saturated rings. The summed E-state index contributed by atoms with van der Waals surface area (Å²) in [4.78, 5) is 25.5. The fourth-order valence-corrected chi connectivity index (χ4v) is 2.47. The van der Waals surface area contributed by atoms with E-state index in [4.69, 9.17) is 9.63 Å². The normalized spacial score (nSPS) is 11.4. The Morgan fingerprint density at radius 2 is 2.14 bits per heavy atom. The summed E-state index contributed by atoms with van der Waals surface area (Å²) < 4.78 is 5.16. The van der Waals surface area contributed by atoms with Crippen LogP contribution in [0.25, 0.3) is 10.6 Å². The molecule has 2 heterocycles. The van der Waals surface area contributed by atoms with Gasteiger partial charge in [0.25, 0.3) is 5.91 Å². The van der Waals surface area contributed by atoms with Gasteiger partial charge in [0, 0.05) is 11.6 Å². The van der Waals surface area contributed by atoms with E-state index >= 15 is 0 Å². The first-order valence-electron chi connectivity index (χ1n) is 6.33. The fraction of sp³-hybridized carbons (Fsp3) is 0.357. The van der Waals surface area contributed by atoms with Crippen molar-refractivity contribution in [2.75, 3.05) is 6.54 Å². The molecule has 21 heavy (non-hydrogen) atoms. The third kappa shape index (κ3) is 3.49. The van der Waals surface area contributed by atoms with Gasteiger partial charge in [-0.1, -0.05) is 11.2 Å². The van der Waals surface area contributed by atoms with Gasteiger partial charge in [0.2, 0.25) is 0 Å². The molecule has 0 atom stereocenters. The molecular weight excluding hydrogens is 292 g/mol. The highest BCUT2D eigenvalue weighted by molar-refractivity contribution is 7.13. The zero-order valence-corrected chi connectivity index (χ0v) is 12.8. The van der Waals surface area contributed by atoms with E-state index in [1.54, 1.807) is 20.8 Å². The van der Waals surface area contributed by atoms with Gasteiger partial charge in [-0.25, -0.2) is 0 Å². The topological polar surface area (TPSA) is 83.6 Å². The highest BCUT2D eigenvalue weighted by Gasteiger charge is 2.31. The maximum absolute atomic E-state index is 12.5. The highest BCUT2D eigenvalue weighted by Crippen LogP contribution is 2.26. The fourth-order valence-electron chi connectivity index (χ4n) is 1.80. The molecule has 0 saturated heterocycles. The standard InChI is InChI=1S/C14H16N2O4S/c1-14(2,3)16(8-12(17)18)13(19)9-7-10(20-15-9)11-5-4-6-21-11/h4-7H,8H2,1-3H3,(H,17,18). The lowest BCUT2D eigenvalue weighted by molar-refractivity contribution is -0.138. The molecule has 0 bridgehead atoms. The number of nitrogens with zero attached hydrogens (tertiary/aromatic N) is 2. The van der Waals surface area contributed by atoms with E-state index in [0.29, 0.717) is 5.76 Å². The summed E-state index contributed by atoms with van der Waals surface area (Å²) in [6.45, 7) is 4.93. The Bertz CT molecular complexity index is 640. The van der Waals surface area contributed by atoms with Crippen LogP contribution in [0.2, 0.25) is 0 Å². The van der Waals surface area contributed by atoms with Crippen LogP contribution < -0.4 is 0 Å². The van der Waals surface area contributed by atoms with Crippen LogP contribution in [-0.4, -0.2) is 39.1 Å². The highest BCUT2D eigenvalue weighted by atomic mass is 32.1. The monoisotopic (exact) mass is 308 g/mol. The molecule has 2 aromatic rings. The zero-order chi connectivity index (χ0) is 15.6. The van der Waals surface area contributed by atoms with Gasteiger partial charge < -0.3 is 14.5 Å². The van der Waals surface area contributed by atoms with Crippen LogP contribution in [0.3, 0.4) is 0 Å². The van der Waals surface area contributed by atoms with Crippen molar-refractivity contribution in [3.8, 4) is 10.6 Å². The zero-order valence-electron chi connectivity index (χ0n) is 12.0. The van der Waals surface area contributed by atoms with Crippen LogP contribution in [-0.2, 0) is 4.79 Å². The van der Waals surface area contributed by atoms with Gasteiger partial charge in [0.05, 0.1) is 4.88 Å². The van der Waals surface area contributed by atoms with Gasteiger partial charge in [0.15, 0.2) is 11.5 Å². The molecule has 0 aliphatic rings. The molecule has 0 unspecified atom stereocenters. The average molecular weight is 308 g/mol. The SMILES string of the molecule is CC(C)(C)N(CC(=O)O)C(=O)c1cc(-c2cccs2)on1. The maximum atomic E-state index is 12.5. The van der Waals surface area contributed by atoms with Gasteiger partial charge in [-0.3, -0.25) is 9.59 Å². The van der Waals surface area contributed by atoms with Gasteiger partial charge in [-0.2, -0.15) is 0 Å². The lowest BCUT2D eigenvalue weighted by atomic mass is 10.1. The number of amides is 1. The average Bonchev–Trinajstić information content (AvgIpc) is 3.03. The number of aromatic nitrogens is 1. The number of carboxylic acid groups (broad SMARTS) is 1. The van der Waals surface area contributed by atoms with Crippen LogP contribution in [0.15, 0.2) is 28.1 Å². The molecule has 6 nitrogen and oxygen atoms in total. The van der Waals surface area contributed by atoms with Crippen molar-refractivity contribution in [1.29, 1.82) is 0 Å². The van der Waals surface area contributed by atoms with Crippen molar-refractivity contribution in [3.05, 3.63) is 29.3 Å². The third-order valence-electron chi connectivity index (χ3n) is 2.84. The van der Waals surface area contributed by atoms with E-state index < -0.39 is 17.4 Å². The third-order valence-corrected chi connectivity index (χ3v) is 3.73. The number of carboxylic acids is 1. The number of thiophene rings is 1. The van der Waals surface area contributed by atoms with Crippen molar-refractivity contribution < 1.29 is 19.2 Å². The Labute approximate surface area is 126 Å². The molecule has 0 spiro atoms. The number of aliphatic carboxylic acids is 1. The maximum Gasteiger partial charge on any atom is 0.323 e. The summed E-state index contributed by atoms with van der Waals surface area (Å²) in [6.07, 6.45) is 0. The van der Waals surface area contributed by atoms with Crippen molar-refractivity contribution in [2.45, 2.75) is 26.3 Å². The van der Waals surface area contributed by atoms with E-state index in [-0.39, 0.29) is 12.2 Å². The molecule has 1 N–H and O–H groups in total. The summed E-state index contributed by atoms with van der Waals surface area (Å²) in [7, 11) is 0. The predicted molar refractivity (Wildman–Crippen MR) is 78.2 cm³/mol. The van der Waals surface area contributed by atoms with E-state index in [0.717, 1.165) is 4.88 Å². The minimum absolute atomic E-state index is 0.106. The second kappa shape index (κ2) is 5.69. The summed E-state index contributed by atoms with van der Waals surface area (Å²) in [6, 6.07) is 5.27. The number of carbonyl (C=O) groups excluding carboxylic acids is 1. The quantitative estimate of drug-likeness (QED) is 0.939. The largest absolute Gasteiger partial charge is 0.480 e. The lowest BCUT2D eigenvalue weighted by Crippen LogP contribution is -2.48. The Hall–Kier alpha value is -2.15. The molecule has 2 rings (SSSR count). The van der Waals surface area contributed by atoms with Crippen LogP contribution in [0.5, 0.6) is 0 Å². The van der Waals surface area contributed by atoms with Crippen LogP contribution in [0.1, 0.15) is 31.3 Å². The second-order valence-corrected chi connectivity index (χ2v) is 6.46. The molecule has 0 aromatic carbocycles. The molecule has 0 saturated carbocycles. The first kappa shape index (κ1) is 15.2. The Kier molecular flexibility index (Phi) is 4.13. The molecule has 112 valence electrons. The Balaban J connectivity index is 2.27. The van der Waals surface area contributed by atoms with E-state index in [9.17, 15) is 9.59 Å². The minimum atomic E-state index is -1.07. The summed E-state index contributed by atoms with van der Waals surface area (Å²) in [5.74, 6) is -1.03. The second-order valence-electron chi connectivity index (χ2n) is 5.51. The lowest BCUT2D eigenvalue weighted by Gasteiger charge is -2.33. The summed E-state index contributed by atoms with van der Waals surface area (Å²) in [5, 5.41) is 14.6. The Morgan fingerprint density at radius 3 is 2.67 bits per heavy atom. The van der Waals surface area contributed by atoms with Crippen LogP contribution in [0.4, 0.5) is 0 Å². The first-order valence-corrected chi connectivity index (χ1v) is 7.21. The first-order chi connectivity index (χ1) is 9.79. The number of carbonyl (C=O) groups is 2. The van der Waals surface area contributed by atoms with Crippen LogP contribution in [0, 0.1) is 0 Å². The minimum Gasteiger partial charge on any atom is -0.480 e. The van der Waals surface area contributed by atoms with Gasteiger partial charge in [-0.15, -0.1) is 11.3 Å². The van der Waals surface area contributed by atoms with E-state index in [2.05, 4.69) is 5.16 Å². The predicted octanol–water partition coefficient (Wildman–Crippen LogP) is 2.73. The van der Waals surface area contributed by atoms with E-state index in [1.165, 1.54) is 22.3 Å². The smallest absolute Gasteiger partial charge is 0.323 e. The molecule has 7 heteroatoms. The van der Waals surface area contributed by atoms with E-state index in [1.807, 2.05) is 17.5 Å². The summed E-state index contributed by atoms with van der Waals surface area (Å²) >= 11 is 1.47. The van der Waals surface area contributed by atoms with Crippen molar-refractivity contribution >= 4 is 23.2 Å². The molecule has 2 aromatic heterocycles. The summed E-state index contributed by atoms with van der Waals surface area (Å²) in [5.41, 5.74) is -0.521. The molecule has 0 aliphatic heterocycles. The van der Waals surface area contributed by atoms with Crippen LogP contribution >= 0.6 is 11.3 Å². The van der Waals surface area contributed by atoms with Gasteiger partial charge >= 0.3 is 5.97 Å². The van der Waals surface area contributed by atoms with Crippen molar-refractivity contribution in [3.63, 3.8) is 0 Å².